The van der Waals surface area contributed by atoms with Gasteiger partial charge in [0.2, 0.25) is 11.9 Å². The second kappa shape index (κ2) is 8.61. The summed E-state index contributed by atoms with van der Waals surface area (Å²) in [6.45, 7) is 5.16. The van der Waals surface area contributed by atoms with E-state index < -0.39 is 4.92 Å². The van der Waals surface area contributed by atoms with Crippen molar-refractivity contribution >= 4 is 40.9 Å². The van der Waals surface area contributed by atoms with E-state index in [0.29, 0.717) is 35.9 Å². The third-order valence-electron chi connectivity index (χ3n) is 3.63. The van der Waals surface area contributed by atoms with Crippen molar-refractivity contribution in [2.24, 2.45) is 0 Å². The quantitative estimate of drug-likeness (QED) is 0.237. The average Bonchev–Trinajstić information content (AvgIpc) is 3.10. The number of benzene rings is 1. The van der Waals surface area contributed by atoms with Gasteiger partial charge in [0.1, 0.15) is 0 Å². The van der Waals surface area contributed by atoms with E-state index >= 15 is 0 Å². The maximum Gasteiger partial charge on any atom is 0.270 e. The topological polar surface area (TPSA) is 140 Å². The molecule has 3 rings (SSSR count). The number of nitro groups is 1. The van der Waals surface area contributed by atoms with Crippen molar-refractivity contribution in [3.05, 3.63) is 39.9 Å². The smallest absolute Gasteiger partial charge is 0.270 e. The molecule has 2 heterocycles. The average molecular weight is 402 g/mol. The van der Waals surface area contributed by atoms with Crippen molar-refractivity contribution < 1.29 is 9.72 Å². The monoisotopic (exact) mass is 402 g/mol. The van der Waals surface area contributed by atoms with E-state index in [9.17, 15) is 14.9 Å². The van der Waals surface area contributed by atoms with Crippen LogP contribution in [0.15, 0.2) is 29.4 Å². The molecule has 2 N–H and O–H groups in total. The van der Waals surface area contributed by atoms with Gasteiger partial charge in [-0.2, -0.15) is 9.97 Å². The summed E-state index contributed by atoms with van der Waals surface area (Å²) in [7, 11) is 0. The number of fused-ring (bicyclic) bond motifs is 1. The summed E-state index contributed by atoms with van der Waals surface area (Å²) in [5.74, 6) is 1.09. The van der Waals surface area contributed by atoms with Gasteiger partial charge in [-0.25, -0.2) is 4.40 Å². The molecule has 0 bridgehead atoms. The molecule has 0 atom stereocenters. The first-order valence-corrected chi connectivity index (χ1v) is 9.53. The fourth-order valence-electron chi connectivity index (χ4n) is 2.40. The van der Waals surface area contributed by atoms with Crippen LogP contribution in [0, 0.1) is 10.1 Å². The molecular formula is C16H18N8O3S. The largest absolute Gasteiger partial charge is 0.355 e. The number of anilines is 2. The summed E-state index contributed by atoms with van der Waals surface area (Å²) < 4.78 is 1.63. The number of carbonyl (C=O) groups excluding carboxylic acids is 1. The van der Waals surface area contributed by atoms with Gasteiger partial charge < -0.3 is 10.6 Å². The van der Waals surface area contributed by atoms with Crippen molar-refractivity contribution in [2.45, 2.75) is 19.0 Å². The summed E-state index contributed by atoms with van der Waals surface area (Å²) >= 11 is 1.16. The number of non-ortho nitro benzene ring substituents is 1. The Hall–Kier alpha value is -3.28. The Morgan fingerprint density at radius 1 is 1.21 bits per heavy atom. The van der Waals surface area contributed by atoms with E-state index in [1.54, 1.807) is 10.5 Å². The lowest BCUT2D eigenvalue weighted by Gasteiger charge is -2.09. The Bertz CT molecular complexity index is 1020. The molecule has 0 aliphatic heterocycles. The minimum atomic E-state index is -0.530. The molecule has 0 spiro atoms. The lowest BCUT2D eigenvalue weighted by atomic mass is 10.1. The molecule has 0 radical (unpaired) electrons. The lowest BCUT2D eigenvalue weighted by Crippen LogP contribution is -2.12. The molecule has 3 aromatic rings. The summed E-state index contributed by atoms with van der Waals surface area (Å²) in [4.78, 5) is 31.5. The summed E-state index contributed by atoms with van der Waals surface area (Å²) in [6, 6.07) is 5.65. The van der Waals surface area contributed by atoms with E-state index in [0.717, 1.165) is 11.8 Å². The van der Waals surface area contributed by atoms with Gasteiger partial charge in [0, 0.05) is 30.8 Å². The Kier molecular flexibility index (Phi) is 5.99. The van der Waals surface area contributed by atoms with Crippen LogP contribution in [0.2, 0.25) is 0 Å². The molecule has 28 heavy (non-hydrogen) atoms. The van der Waals surface area contributed by atoms with E-state index in [2.05, 4.69) is 30.8 Å². The molecule has 0 aliphatic rings. The normalized spacial score (nSPS) is 10.8. The molecule has 1 aromatic carbocycles. The van der Waals surface area contributed by atoms with Crippen LogP contribution in [-0.2, 0) is 0 Å². The van der Waals surface area contributed by atoms with Gasteiger partial charge in [0.05, 0.1) is 10.7 Å². The van der Waals surface area contributed by atoms with Gasteiger partial charge in [-0.3, -0.25) is 14.9 Å². The van der Waals surface area contributed by atoms with Crippen LogP contribution >= 0.6 is 11.8 Å². The maximum atomic E-state index is 12.4. The summed E-state index contributed by atoms with van der Waals surface area (Å²) in [6.07, 6.45) is 0. The number of Topliss-reactive ketones (excluding diaryl/α,β-unsaturated/α-hetero) is 1. The van der Waals surface area contributed by atoms with Crippen LogP contribution in [-0.4, -0.2) is 54.1 Å². The molecule has 146 valence electrons. The molecule has 0 unspecified atom stereocenters. The number of rotatable bonds is 9. The highest BCUT2D eigenvalue weighted by Gasteiger charge is 2.17. The zero-order chi connectivity index (χ0) is 20.1. The van der Waals surface area contributed by atoms with Crippen LogP contribution in [0.5, 0.6) is 0 Å². The van der Waals surface area contributed by atoms with Crippen molar-refractivity contribution in [1.82, 2.24) is 24.6 Å². The van der Waals surface area contributed by atoms with Gasteiger partial charge >= 0.3 is 0 Å². The fraction of sp³-hybridized carbons (Fsp3) is 0.312. The number of ketones is 1. The van der Waals surface area contributed by atoms with Crippen LogP contribution in [0.4, 0.5) is 17.6 Å². The Labute approximate surface area is 164 Å². The summed E-state index contributed by atoms with van der Waals surface area (Å²) in [5, 5.41) is 25.7. The Morgan fingerprint density at radius 2 is 2.00 bits per heavy atom. The second-order valence-corrected chi connectivity index (χ2v) is 6.51. The first-order chi connectivity index (χ1) is 13.5. The van der Waals surface area contributed by atoms with E-state index in [-0.39, 0.29) is 22.8 Å². The number of hydrogen-bond donors (Lipinski definition) is 2. The van der Waals surface area contributed by atoms with E-state index in [1.165, 1.54) is 18.2 Å². The fourth-order valence-corrected chi connectivity index (χ4v) is 3.23. The molecule has 0 fully saturated rings. The van der Waals surface area contributed by atoms with Gasteiger partial charge in [0.25, 0.3) is 11.5 Å². The molecular weight excluding hydrogens is 384 g/mol. The zero-order valence-corrected chi connectivity index (χ0v) is 16.1. The van der Waals surface area contributed by atoms with Crippen LogP contribution < -0.4 is 10.6 Å². The minimum absolute atomic E-state index is 0.0441. The number of carbonyl (C=O) groups is 1. The van der Waals surface area contributed by atoms with Gasteiger partial charge in [0.15, 0.2) is 10.9 Å². The lowest BCUT2D eigenvalue weighted by molar-refractivity contribution is -0.384. The standard InChI is InChI=1S/C16H18N8O3S/c1-3-17-13-19-14(18-4-2)23-15(20-13)21-22-16(23)28-9-12(25)10-6-5-7-11(8-10)24(26)27/h5-8H,3-4,9H2,1-2H3,(H2,17,18,19,20,21). The van der Waals surface area contributed by atoms with Gasteiger partial charge in [-0.1, -0.05) is 23.9 Å². The molecule has 0 saturated carbocycles. The molecule has 0 saturated heterocycles. The molecule has 12 heteroatoms. The number of aromatic nitrogens is 5. The highest BCUT2D eigenvalue weighted by Crippen LogP contribution is 2.22. The maximum absolute atomic E-state index is 12.4. The number of nitro benzene ring substituents is 1. The van der Waals surface area contributed by atoms with Gasteiger partial charge in [-0.05, 0) is 13.8 Å². The summed E-state index contributed by atoms with van der Waals surface area (Å²) in [5.41, 5.74) is 0.149. The molecule has 11 nitrogen and oxygen atoms in total. The van der Waals surface area contributed by atoms with E-state index in [4.69, 9.17) is 0 Å². The van der Waals surface area contributed by atoms with Crippen molar-refractivity contribution in [3.63, 3.8) is 0 Å². The first-order valence-electron chi connectivity index (χ1n) is 8.54. The Morgan fingerprint density at radius 3 is 2.71 bits per heavy atom. The van der Waals surface area contributed by atoms with Crippen LogP contribution in [0.1, 0.15) is 24.2 Å². The zero-order valence-electron chi connectivity index (χ0n) is 15.2. The Balaban J connectivity index is 1.83. The van der Waals surface area contributed by atoms with Crippen molar-refractivity contribution in [3.8, 4) is 0 Å². The number of hydrogen-bond acceptors (Lipinski definition) is 10. The molecule has 0 aliphatic carbocycles. The molecule has 0 amide bonds. The van der Waals surface area contributed by atoms with E-state index in [1.807, 2.05) is 13.8 Å². The number of nitrogens with zero attached hydrogens (tertiary/aromatic N) is 6. The highest BCUT2D eigenvalue weighted by atomic mass is 32.2. The minimum Gasteiger partial charge on any atom is -0.355 e. The van der Waals surface area contributed by atoms with Crippen molar-refractivity contribution in [2.75, 3.05) is 29.5 Å². The third-order valence-corrected chi connectivity index (χ3v) is 4.56. The van der Waals surface area contributed by atoms with Crippen LogP contribution in [0.3, 0.4) is 0 Å². The van der Waals surface area contributed by atoms with Crippen LogP contribution in [0.25, 0.3) is 5.78 Å². The van der Waals surface area contributed by atoms with Crippen molar-refractivity contribution in [1.29, 1.82) is 0 Å². The first kappa shape index (κ1) is 19.5. The number of nitrogens with one attached hydrogen (secondary N) is 2. The third kappa shape index (κ3) is 4.17. The predicted octanol–water partition coefficient (Wildman–Crippen LogP) is 2.27. The predicted molar refractivity (Wildman–Crippen MR) is 105 cm³/mol. The highest BCUT2D eigenvalue weighted by molar-refractivity contribution is 7.99. The molecule has 2 aromatic heterocycles. The SMILES string of the molecule is CCNc1nc(NCC)n2c(SCC(=O)c3cccc([N+](=O)[O-])c3)nnc2n1. The second-order valence-electron chi connectivity index (χ2n) is 5.57. The van der Waals surface area contributed by atoms with Gasteiger partial charge in [-0.15, -0.1) is 10.2 Å². The number of thioether (sulfide) groups is 1.